The molecule has 0 aliphatic carbocycles. The molecule has 0 saturated heterocycles. The average molecular weight is 192 g/mol. The largest absolute Gasteiger partial charge is 0.294 e. The second-order valence-corrected chi connectivity index (χ2v) is 3.54. The number of carbonyl (C=O) groups excluding carboxylic acids is 1. The molecule has 0 N–H and O–H groups in total. The van der Waals surface area contributed by atoms with Gasteiger partial charge in [0.05, 0.1) is 5.56 Å². The monoisotopic (exact) mass is 192 g/mol. The van der Waals surface area contributed by atoms with E-state index in [1.165, 1.54) is 12.1 Å². The van der Waals surface area contributed by atoms with Crippen molar-refractivity contribution in [2.75, 3.05) is 0 Å². The highest BCUT2D eigenvalue weighted by atomic mass is 19.1. The highest BCUT2D eigenvalue weighted by molar-refractivity contribution is 5.97. The minimum Gasteiger partial charge on any atom is -0.294 e. The molecule has 0 spiro atoms. The van der Waals surface area contributed by atoms with Crippen LogP contribution >= 0.6 is 0 Å². The molecule has 0 aliphatic rings. The lowest BCUT2D eigenvalue weighted by molar-refractivity contribution is 0.0989. The molecule has 0 bridgehead atoms. The third-order valence-corrected chi connectivity index (χ3v) is 1.89. The Morgan fingerprint density at radius 2 is 2.14 bits per heavy atom. The first-order chi connectivity index (χ1) is 6.50. The van der Waals surface area contributed by atoms with E-state index in [1.807, 2.05) is 0 Å². The van der Waals surface area contributed by atoms with Gasteiger partial charge in [0.1, 0.15) is 5.82 Å². The number of ketones is 1. The molecule has 0 saturated carbocycles. The van der Waals surface area contributed by atoms with Crippen LogP contribution in [0.2, 0.25) is 0 Å². The zero-order valence-corrected chi connectivity index (χ0v) is 8.43. The van der Waals surface area contributed by atoms with Crippen LogP contribution in [-0.2, 0) is 0 Å². The van der Waals surface area contributed by atoms with Crippen molar-refractivity contribution >= 4 is 5.78 Å². The molecule has 0 fully saturated rings. The van der Waals surface area contributed by atoms with Gasteiger partial charge in [-0.1, -0.05) is 18.2 Å². The summed E-state index contributed by atoms with van der Waals surface area (Å²) in [6.45, 7) is 7.17. The second kappa shape index (κ2) is 4.18. The van der Waals surface area contributed by atoms with Crippen molar-refractivity contribution in [3.8, 4) is 0 Å². The maximum Gasteiger partial charge on any atom is 0.169 e. The highest BCUT2D eigenvalue weighted by Gasteiger charge is 2.11. The Morgan fingerprint density at radius 3 is 2.64 bits per heavy atom. The standard InChI is InChI=1S/C12H13FO/c1-8(2)6-12(14)10-5-4-9(3)7-11(10)13/h4-5,7H,1,6H2,2-3H3. The zero-order valence-electron chi connectivity index (χ0n) is 8.43. The highest BCUT2D eigenvalue weighted by Crippen LogP contribution is 2.13. The van der Waals surface area contributed by atoms with Crippen molar-refractivity contribution in [2.45, 2.75) is 20.3 Å². The molecule has 0 heterocycles. The molecule has 14 heavy (non-hydrogen) atoms. The van der Waals surface area contributed by atoms with Gasteiger partial charge >= 0.3 is 0 Å². The van der Waals surface area contributed by atoms with Crippen LogP contribution in [0.1, 0.15) is 29.3 Å². The van der Waals surface area contributed by atoms with Crippen molar-refractivity contribution in [3.05, 3.63) is 47.3 Å². The summed E-state index contributed by atoms with van der Waals surface area (Å²) in [5.41, 5.74) is 1.71. The first-order valence-corrected chi connectivity index (χ1v) is 4.44. The van der Waals surface area contributed by atoms with Crippen LogP contribution in [0.3, 0.4) is 0 Å². The van der Waals surface area contributed by atoms with Gasteiger partial charge in [0.25, 0.3) is 0 Å². The molecule has 0 atom stereocenters. The number of rotatable bonds is 3. The van der Waals surface area contributed by atoms with Crippen LogP contribution in [0.5, 0.6) is 0 Å². The van der Waals surface area contributed by atoms with E-state index in [1.54, 1.807) is 19.9 Å². The molecular formula is C12H13FO. The number of halogens is 1. The van der Waals surface area contributed by atoms with Crippen molar-refractivity contribution in [2.24, 2.45) is 0 Å². The Bertz CT molecular complexity index is 380. The minimum absolute atomic E-state index is 0.151. The minimum atomic E-state index is -0.448. The van der Waals surface area contributed by atoms with E-state index in [-0.39, 0.29) is 17.8 Å². The lowest BCUT2D eigenvalue weighted by Crippen LogP contribution is -2.02. The fourth-order valence-corrected chi connectivity index (χ4v) is 1.22. The number of carbonyl (C=O) groups is 1. The van der Waals surface area contributed by atoms with Crippen LogP contribution in [0.4, 0.5) is 4.39 Å². The first-order valence-electron chi connectivity index (χ1n) is 4.44. The summed E-state index contributed by atoms with van der Waals surface area (Å²) >= 11 is 0. The van der Waals surface area contributed by atoms with Gasteiger partial charge in [0, 0.05) is 6.42 Å². The summed E-state index contributed by atoms with van der Waals surface area (Å²) in [6.07, 6.45) is 0.208. The number of aryl methyl sites for hydroxylation is 1. The van der Waals surface area contributed by atoms with E-state index >= 15 is 0 Å². The van der Waals surface area contributed by atoms with Crippen molar-refractivity contribution in [3.63, 3.8) is 0 Å². The molecule has 2 heteroatoms. The van der Waals surface area contributed by atoms with E-state index < -0.39 is 5.82 Å². The average Bonchev–Trinajstić information content (AvgIpc) is 2.01. The molecule has 0 unspecified atom stereocenters. The maximum atomic E-state index is 13.3. The molecule has 1 aromatic rings. The quantitative estimate of drug-likeness (QED) is 0.530. The zero-order chi connectivity index (χ0) is 10.7. The van der Waals surface area contributed by atoms with E-state index in [9.17, 15) is 9.18 Å². The molecule has 0 amide bonds. The molecular weight excluding hydrogens is 179 g/mol. The van der Waals surface area contributed by atoms with Gasteiger partial charge in [-0.25, -0.2) is 4.39 Å². The molecule has 0 radical (unpaired) electrons. The fraction of sp³-hybridized carbons (Fsp3) is 0.250. The Hall–Kier alpha value is -1.44. The summed E-state index contributed by atoms with van der Waals surface area (Å²) in [7, 11) is 0. The van der Waals surface area contributed by atoms with E-state index in [0.717, 1.165) is 11.1 Å². The van der Waals surface area contributed by atoms with Gasteiger partial charge in [-0.3, -0.25) is 4.79 Å². The van der Waals surface area contributed by atoms with Crippen LogP contribution in [0.25, 0.3) is 0 Å². The lowest BCUT2D eigenvalue weighted by Gasteiger charge is -2.02. The van der Waals surface area contributed by atoms with Gasteiger partial charge in [0.15, 0.2) is 5.78 Å². The van der Waals surface area contributed by atoms with Crippen LogP contribution in [-0.4, -0.2) is 5.78 Å². The SMILES string of the molecule is C=C(C)CC(=O)c1ccc(C)cc1F. The fourth-order valence-electron chi connectivity index (χ4n) is 1.22. The Morgan fingerprint density at radius 1 is 1.50 bits per heavy atom. The van der Waals surface area contributed by atoms with E-state index in [0.29, 0.717) is 0 Å². The number of hydrogen-bond acceptors (Lipinski definition) is 1. The van der Waals surface area contributed by atoms with Gasteiger partial charge in [-0.05, 0) is 31.5 Å². The Balaban J connectivity index is 2.96. The third kappa shape index (κ3) is 2.52. The number of allylic oxidation sites excluding steroid dienone is 1. The number of hydrogen-bond donors (Lipinski definition) is 0. The molecule has 1 rings (SSSR count). The molecule has 1 nitrogen and oxygen atoms in total. The van der Waals surface area contributed by atoms with E-state index in [4.69, 9.17) is 0 Å². The normalized spacial score (nSPS) is 9.93. The molecule has 0 aliphatic heterocycles. The molecule has 1 aromatic carbocycles. The second-order valence-electron chi connectivity index (χ2n) is 3.54. The van der Waals surface area contributed by atoms with Gasteiger partial charge in [-0.2, -0.15) is 0 Å². The lowest BCUT2D eigenvalue weighted by atomic mass is 10.0. The predicted octanol–water partition coefficient (Wildman–Crippen LogP) is 3.28. The Kier molecular flexibility index (Phi) is 3.18. The summed E-state index contributed by atoms with van der Waals surface area (Å²) in [5.74, 6) is -0.661. The van der Waals surface area contributed by atoms with E-state index in [2.05, 4.69) is 6.58 Å². The summed E-state index contributed by atoms with van der Waals surface area (Å²) < 4.78 is 13.3. The van der Waals surface area contributed by atoms with Gasteiger partial charge in [0.2, 0.25) is 0 Å². The molecule has 0 aromatic heterocycles. The first kappa shape index (κ1) is 10.6. The Labute approximate surface area is 83.3 Å². The predicted molar refractivity (Wildman–Crippen MR) is 54.9 cm³/mol. The summed E-state index contributed by atoms with van der Waals surface area (Å²) in [4.78, 5) is 11.5. The van der Waals surface area contributed by atoms with Gasteiger partial charge in [-0.15, -0.1) is 0 Å². The third-order valence-electron chi connectivity index (χ3n) is 1.89. The summed E-state index contributed by atoms with van der Waals surface area (Å²) in [5, 5.41) is 0. The number of benzene rings is 1. The maximum absolute atomic E-state index is 13.3. The number of Topliss-reactive ketones (excluding diaryl/α,β-unsaturated/α-hetero) is 1. The van der Waals surface area contributed by atoms with Crippen molar-refractivity contribution < 1.29 is 9.18 Å². The smallest absolute Gasteiger partial charge is 0.169 e. The topological polar surface area (TPSA) is 17.1 Å². The van der Waals surface area contributed by atoms with Crippen LogP contribution in [0, 0.1) is 12.7 Å². The van der Waals surface area contributed by atoms with Gasteiger partial charge < -0.3 is 0 Å². The van der Waals surface area contributed by atoms with Crippen LogP contribution in [0.15, 0.2) is 30.4 Å². The van der Waals surface area contributed by atoms with Crippen molar-refractivity contribution in [1.82, 2.24) is 0 Å². The van der Waals surface area contributed by atoms with Crippen LogP contribution < -0.4 is 0 Å². The molecule has 74 valence electrons. The summed E-state index contributed by atoms with van der Waals surface area (Å²) in [6, 6.07) is 4.62. The van der Waals surface area contributed by atoms with Crippen molar-refractivity contribution in [1.29, 1.82) is 0 Å².